The average Bonchev–Trinajstić information content (AvgIpc) is 2.39. The monoisotopic (exact) mass is 156 g/mol. The van der Waals surface area contributed by atoms with Crippen LogP contribution < -0.4 is 5.32 Å². The Morgan fingerprint density at radius 2 is 2.64 bits per heavy atom. The van der Waals surface area contributed by atoms with E-state index in [-0.39, 0.29) is 6.01 Å². The zero-order valence-electron chi connectivity index (χ0n) is 5.94. The van der Waals surface area contributed by atoms with Crippen LogP contribution >= 0.6 is 0 Å². The molecule has 0 saturated heterocycles. The molecule has 5 heteroatoms. The lowest BCUT2D eigenvalue weighted by molar-refractivity contribution is -0.137. The van der Waals surface area contributed by atoms with E-state index in [1.807, 2.05) is 0 Å². The molecule has 0 aliphatic heterocycles. The van der Waals surface area contributed by atoms with Crippen molar-refractivity contribution >= 4 is 12.0 Å². The number of hydrogen-bond donors (Lipinski definition) is 2. The van der Waals surface area contributed by atoms with Crippen LogP contribution in [-0.4, -0.2) is 22.1 Å². The number of carboxylic acid groups (broad SMARTS) is 1. The van der Waals surface area contributed by atoms with E-state index in [0.29, 0.717) is 0 Å². The molecule has 0 radical (unpaired) electrons. The molecule has 1 unspecified atom stereocenters. The summed E-state index contributed by atoms with van der Waals surface area (Å²) in [5.74, 6) is -0.941. The van der Waals surface area contributed by atoms with Gasteiger partial charge in [-0.2, -0.15) is 0 Å². The lowest BCUT2D eigenvalue weighted by Crippen LogP contribution is -2.25. The predicted molar refractivity (Wildman–Crippen MR) is 37.2 cm³/mol. The quantitative estimate of drug-likeness (QED) is 0.668. The van der Waals surface area contributed by atoms with Crippen LogP contribution in [0.3, 0.4) is 0 Å². The summed E-state index contributed by atoms with van der Waals surface area (Å²) in [4.78, 5) is 14.0. The van der Waals surface area contributed by atoms with Crippen molar-refractivity contribution in [3.63, 3.8) is 0 Å². The van der Waals surface area contributed by atoms with Crippen LogP contribution in [0.25, 0.3) is 0 Å². The first-order valence-electron chi connectivity index (χ1n) is 3.09. The van der Waals surface area contributed by atoms with Gasteiger partial charge in [0.1, 0.15) is 12.3 Å². The highest BCUT2D eigenvalue weighted by Gasteiger charge is 2.11. The molecule has 1 aromatic heterocycles. The van der Waals surface area contributed by atoms with E-state index in [1.54, 1.807) is 0 Å². The Labute approximate surface area is 63.0 Å². The van der Waals surface area contributed by atoms with Crippen LogP contribution in [0, 0.1) is 0 Å². The summed E-state index contributed by atoms with van der Waals surface area (Å²) >= 11 is 0. The molecule has 60 valence electrons. The van der Waals surface area contributed by atoms with Crippen molar-refractivity contribution in [1.29, 1.82) is 0 Å². The van der Waals surface area contributed by atoms with Gasteiger partial charge < -0.3 is 14.8 Å². The maximum atomic E-state index is 10.3. The number of oxazole rings is 1. The van der Waals surface area contributed by atoms with Crippen molar-refractivity contribution in [3.05, 3.63) is 12.5 Å². The molecule has 0 bridgehead atoms. The van der Waals surface area contributed by atoms with E-state index in [4.69, 9.17) is 9.52 Å². The molecular formula is C6H8N2O3. The highest BCUT2D eigenvalue weighted by molar-refractivity contribution is 5.75. The van der Waals surface area contributed by atoms with Gasteiger partial charge in [0.05, 0.1) is 6.20 Å². The molecule has 0 fully saturated rings. The number of carbonyl (C=O) groups is 1. The molecule has 2 N–H and O–H groups in total. The number of hydrogen-bond acceptors (Lipinski definition) is 4. The number of rotatable bonds is 3. The molecule has 1 rings (SSSR count). The van der Waals surface area contributed by atoms with Gasteiger partial charge in [0.25, 0.3) is 6.01 Å². The minimum Gasteiger partial charge on any atom is -0.480 e. The molecule has 0 amide bonds. The van der Waals surface area contributed by atoms with E-state index in [1.165, 1.54) is 19.4 Å². The molecule has 0 saturated carbocycles. The second-order valence-electron chi connectivity index (χ2n) is 2.04. The molecule has 0 aliphatic carbocycles. The fourth-order valence-corrected chi connectivity index (χ4v) is 0.542. The molecule has 1 atom stereocenters. The number of nitrogens with zero attached hydrogens (tertiary/aromatic N) is 1. The average molecular weight is 156 g/mol. The van der Waals surface area contributed by atoms with Gasteiger partial charge in [-0.1, -0.05) is 0 Å². The maximum absolute atomic E-state index is 10.3. The van der Waals surface area contributed by atoms with E-state index >= 15 is 0 Å². The number of carboxylic acids is 1. The first-order valence-corrected chi connectivity index (χ1v) is 3.09. The largest absolute Gasteiger partial charge is 0.480 e. The zero-order valence-corrected chi connectivity index (χ0v) is 5.94. The number of anilines is 1. The van der Waals surface area contributed by atoms with E-state index in [2.05, 4.69) is 10.3 Å². The highest BCUT2D eigenvalue weighted by Crippen LogP contribution is 2.02. The third-order valence-corrected chi connectivity index (χ3v) is 1.14. The standard InChI is InChI=1S/C6H8N2O3/c1-4(5(9)10)8-6-7-2-3-11-6/h2-4H,1H3,(H,7,8)(H,9,10). The third kappa shape index (κ3) is 1.96. The van der Waals surface area contributed by atoms with Gasteiger partial charge in [-0.25, -0.2) is 4.98 Å². The van der Waals surface area contributed by atoms with Crippen LogP contribution in [0.5, 0.6) is 0 Å². The van der Waals surface area contributed by atoms with Gasteiger partial charge in [0, 0.05) is 0 Å². The van der Waals surface area contributed by atoms with Crippen molar-refractivity contribution < 1.29 is 14.3 Å². The molecular weight excluding hydrogens is 148 g/mol. The fourth-order valence-electron chi connectivity index (χ4n) is 0.542. The Bertz CT molecular complexity index is 232. The van der Waals surface area contributed by atoms with Crippen LogP contribution in [0.4, 0.5) is 6.01 Å². The van der Waals surface area contributed by atoms with E-state index < -0.39 is 12.0 Å². The van der Waals surface area contributed by atoms with Crippen LogP contribution in [0.15, 0.2) is 16.9 Å². The maximum Gasteiger partial charge on any atom is 0.325 e. The van der Waals surface area contributed by atoms with Crippen molar-refractivity contribution in [1.82, 2.24) is 4.98 Å². The highest BCUT2D eigenvalue weighted by atomic mass is 16.4. The smallest absolute Gasteiger partial charge is 0.325 e. The van der Waals surface area contributed by atoms with Crippen molar-refractivity contribution in [2.45, 2.75) is 13.0 Å². The van der Waals surface area contributed by atoms with Crippen LogP contribution in [-0.2, 0) is 4.79 Å². The van der Waals surface area contributed by atoms with Crippen LogP contribution in [0.1, 0.15) is 6.92 Å². The summed E-state index contributed by atoms with van der Waals surface area (Å²) in [6.45, 7) is 1.51. The normalized spacial score (nSPS) is 12.5. The molecule has 5 nitrogen and oxygen atoms in total. The Morgan fingerprint density at radius 1 is 1.91 bits per heavy atom. The molecule has 0 aliphatic rings. The summed E-state index contributed by atoms with van der Waals surface area (Å²) in [5.41, 5.74) is 0. The minimum atomic E-state index is -0.941. The first kappa shape index (κ1) is 7.59. The van der Waals surface area contributed by atoms with Gasteiger partial charge in [0.2, 0.25) is 0 Å². The Balaban J connectivity index is 2.50. The van der Waals surface area contributed by atoms with E-state index in [9.17, 15) is 4.79 Å². The predicted octanol–water partition coefficient (Wildman–Crippen LogP) is 0.560. The fraction of sp³-hybridized carbons (Fsp3) is 0.333. The lowest BCUT2D eigenvalue weighted by atomic mass is 10.4. The molecule has 1 heterocycles. The van der Waals surface area contributed by atoms with Gasteiger partial charge >= 0.3 is 5.97 Å². The SMILES string of the molecule is CC(Nc1ncco1)C(=O)O. The van der Waals surface area contributed by atoms with Crippen molar-refractivity contribution in [2.75, 3.05) is 5.32 Å². The summed E-state index contributed by atoms with van der Waals surface area (Å²) < 4.78 is 4.77. The number of aromatic nitrogens is 1. The number of aliphatic carboxylic acids is 1. The Hall–Kier alpha value is -1.52. The second kappa shape index (κ2) is 3.05. The molecule has 0 spiro atoms. The van der Waals surface area contributed by atoms with Crippen molar-refractivity contribution in [3.8, 4) is 0 Å². The first-order chi connectivity index (χ1) is 5.20. The Kier molecular flexibility index (Phi) is 2.10. The lowest BCUT2D eigenvalue weighted by Gasteiger charge is -2.04. The molecule has 0 aromatic carbocycles. The second-order valence-corrected chi connectivity index (χ2v) is 2.04. The third-order valence-electron chi connectivity index (χ3n) is 1.14. The molecule has 11 heavy (non-hydrogen) atoms. The van der Waals surface area contributed by atoms with E-state index in [0.717, 1.165) is 0 Å². The summed E-state index contributed by atoms with van der Waals surface area (Å²) in [7, 11) is 0. The summed E-state index contributed by atoms with van der Waals surface area (Å²) in [5, 5.41) is 11.0. The summed E-state index contributed by atoms with van der Waals surface area (Å²) in [6, 6.07) is -0.464. The zero-order chi connectivity index (χ0) is 8.27. The topological polar surface area (TPSA) is 75.4 Å². The van der Waals surface area contributed by atoms with Gasteiger partial charge in [-0.05, 0) is 6.92 Å². The van der Waals surface area contributed by atoms with Crippen LogP contribution in [0.2, 0.25) is 0 Å². The van der Waals surface area contributed by atoms with Gasteiger partial charge in [0.15, 0.2) is 0 Å². The van der Waals surface area contributed by atoms with Gasteiger partial charge in [-0.15, -0.1) is 0 Å². The summed E-state index contributed by atoms with van der Waals surface area (Å²) in [6.07, 6.45) is 2.81. The minimum absolute atomic E-state index is 0.222. The Morgan fingerprint density at radius 3 is 3.09 bits per heavy atom. The van der Waals surface area contributed by atoms with Crippen molar-refractivity contribution in [2.24, 2.45) is 0 Å². The molecule has 1 aromatic rings. The number of nitrogens with one attached hydrogen (secondary N) is 1. The van der Waals surface area contributed by atoms with Gasteiger partial charge in [-0.3, -0.25) is 4.79 Å².